The zero-order chi connectivity index (χ0) is 15.2. The number of hydrogen-bond donors (Lipinski definition) is 2. The van der Waals surface area contributed by atoms with Crippen molar-refractivity contribution >= 4 is 11.7 Å². The van der Waals surface area contributed by atoms with Crippen LogP contribution >= 0.6 is 0 Å². The predicted molar refractivity (Wildman–Crippen MR) is 87.7 cm³/mol. The predicted octanol–water partition coefficient (Wildman–Crippen LogP) is 4.06. The first-order valence-corrected chi connectivity index (χ1v) is 7.23. The van der Waals surface area contributed by atoms with Gasteiger partial charge in [0, 0.05) is 11.7 Å². The third kappa shape index (κ3) is 4.63. The van der Waals surface area contributed by atoms with E-state index >= 15 is 0 Å². The molecule has 0 aliphatic heterocycles. The number of benzene rings is 2. The molecule has 2 aromatic rings. The van der Waals surface area contributed by atoms with Crippen molar-refractivity contribution < 1.29 is 4.79 Å². The molecule has 0 radical (unpaired) electrons. The molecule has 0 fully saturated rings. The van der Waals surface area contributed by atoms with Crippen molar-refractivity contribution in [2.75, 3.05) is 5.32 Å². The Labute approximate surface area is 126 Å². The second-order valence-electron chi connectivity index (χ2n) is 5.50. The molecule has 110 valence electrons. The first kappa shape index (κ1) is 15.1. The highest BCUT2D eigenvalue weighted by Gasteiger charge is 2.09. The minimum Gasteiger partial charge on any atom is -0.335 e. The van der Waals surface area contributed by atoms with Crippen LogP contribution in [0.3, 0.4) is 0 Å². The topological polar surface area (TPSA) is 41.1 Å². The van der Waals surface area contributed by atoms with Crippen LogP contribution in [0.2, 0.25) is 0 Å². The number of hydrogen-bond acceptors (Lipinski definition) is 1. The van der Waals surface area contributed by atoms with Gasteiger partial charge in [0.2, 0.25) is 0 Å². The van der Waals surface area contributed by atoms with Crippen molar-refractivity contribution in [3.63, 3.8) is 0 Å². The van der Waals surface area contributed by atoms with Crippen LogP contribution in [0.15, 0.2) is 48.5 Å². The number of carbonyl (C=O) groups excluding carboxylic acids is 1. The zero-order valence-electron chi connectivity index (χ0n) is 12.8. The summed E-state index contributed by atoms with van der Waals surface area (Å²) < 4.78 is 0. The van der Waals surface area contributed by atoms with Crippen molar-refractivity contribution in [3.8, 4) is 0 Å². The highest BCUT2D eigenvalue weighted by atomic mass is 16.2. The van der Waals surface area contributed by atoms with E-state index in [0.717, 1.165) is 17.7 Å². The summed E-state index contributed by atoms with van der Waals surface area (Å²) >= 11 is 0. The van der Waals surface area contributed by atoms with Gasteiger partial charge in [0.15, 0.2) is 0 Å². The lowest BCUT2D eigenvalue weighted by molar-refractivity contribution is 0.249. The van der Waals surface area contributed by atoms with Gasteiger partial charge in [-0.2, -0.15) is 0 Å². The van der Waals surface area contributed by atoms with Gasteiger partial charge in [0.1, 0.15) is 0 Å². The SMILES string of the molecule is Cc1cccc(NC(=O)NC(C)Cc2ccccc2C)c1. The highest BCUT2D eigenvalue weighted by molar-refractivity contribution is 5.89. The molecule has 3 heteroatoms. The van der Waals surface area contributed by atoms with Gasteiger partial charge in [-0.25, -0.2) is 4.79 Å². The van der Waals surface area contributed by atoms with Crippen LogP contribution in [0.25, 0.3) is 0 Å². The molecule has 0 heterocycles. The molecule has 21 heavy (non-hydrogen) atoms. The molecule has 1 atom stereocenters. The molecule has 0 saturated heterocycles. The summed E-state index contributed by atoms with van der Waals surface area (Å²) in [6.07, 6.45) is 0.827. The van der Waals surface area contributed by atoms with Crippen LogP contribution in [-0.2, 0) is 6.42 Å². The van der Waals surface area contributed by atoms with Crippen molar-refractivity contribution in [2.24, 2.45) is 0 Å². The van der Waals surface area contributed by atoms with Crippen molar-refractivity contribution in [2.45, 2.75) is 33.2 Å². The first-order chi connectivity index (χ1) is 10.0. The van der Waals surface area contributed by atoms with Crippen LogP contribution in [0.5, 0.6) is 0 Å². The van der Waals surface area contributed by atoms with Crippen LogP contribution in [0.4, 0.5) is 10.5 Å². The molecule has 0 bridgehead atoms. The average Bonchev–Trinajstić information content (AvgIpc) is 2.41. The normalized spacial score (nSPS) is 11.8. The van der Waals surface area contributed by atoms with Crippen LogP contribution in [0, 0.1) is 13.8 Å². The number of anilines is 1. The van der Waals surface area contributed by atoms with Gasteiger partial charge in [-0.3, -0.25) is 0 Å². The summed E-state index contributed by atoms with van der Waals surface area (Å²) in [5.74, 6) is 0. The van der Waals surface area contributed by atoms with E-state index in [9.17, 15) is 4.79 Å². The van der Waals surface area contributed by atoms with Gasteiger partial charge >= 0.3 is 6.03 Å². The smallest absolute Gasteiger partial charge is 0.319 e. The number of nitrogens with one attached hydrogen (secondary N) is 2. The van der Waals surface area contributed by atoms with Gasteiger partial charge in [-0.15, -0.1) is 0 Å². The maximum atomic E-state index is 12.0. The molecule has 2 N–H and O–H groups in total. The Morgan fingerprint density at radius 1 is 1.10 bits per heavy atom. The Kier molecular flexibility index (Phi) is 4.99. The molecule has 2 amide bonds. The highest BCUT2D eigenvalue weighted by Crippen LogP contribution is 2.11. The van der Waals surface area contributed by atoms with E-state index in [1.54, 1.807) is 0 Å². The fourth-order valence-electron chi connectivity index (χ4n) is 2.33. The van der Waals surface area contributed by atoms with E-state index in [2.05, 4.69) is 29.7 Å². The van der Waals surface area contributed by atoms with E-state index in [1.165, 1.54) is 11.1 Å². The lowest BCUT2D eigenvalue weighted by atomic mass is 10.0. The standard InChI is InChI=1S/C18H22N2O/c1-13-7-6-10-17(11-13)20-18(21)19-15(3)12-16-9-5-4-8-14(16)2/h4-11,15H,12H2,1-3H3,(H2,19,20,21). The van der Waals surface area contributed by atoms with E-state index in [-0.39, 0.29) is 12.1 Å². The van der Waals surface area contributed by atoms with Gasteiger partial charge in [0.25, 0.3) is 0 Å². The van der Waals surface area contributed by atoms with Gasteiger partial charge in [-0.05, 0) is 56.0 Å². The van der Waals surface area contributed by atoms with Crippen molar-refractivity contribution in [1.29, 1.82) is 0 Å². The van der Waals surface area contributed by atoms with Gasteiger partial charge < -0.3 is 10.6 Å². The fraction of sp³-hybridized carbons (Fsp3) is 0.278. The second-order valence-corrected chi connectivity index (χ2v) is 5.50. The first-order valence-electron chi connectivity index (χ1n) is 7.23. The molecular formula is C18H22N2O. The molecule has 1 unspecified atom stereocenters. The molecular weight excluding hydrogens is 260 g/mol. The largest absolute Gasteiger partial charge is 0.335 e. The van der Waals surface area contributed by atoms with Crippen LogP contribution in [-0.4, -0.2) is 12.1 Å². The molecule has 2 rings (SSSR count). The molecule has 2 aromatic carbocycles. The van der Waals surface area contributed by atoms with E-state index < -0.39 is 0 Å². The number of rotatable bonds is 4. The molecule has 0 aliphatic rings. The Bertz CT molecular complexity index is 622. The summed E-state index contributed by atoms with van der Waals surface area (Å²) in [6, 6.07) is 15.9. The molecule has 0 aromatic heterocycles. The summed E-state index contributed by atoms with van der Waals surface area (Å²) in [5.41, 5.74) is 4.46. The summed E-state index contributed by atoms with van der Waals surface area (Å²) in [4.78, 5) is 12.0. The lowest BCUT2D eigenvalue weighted by Gasteiger charge is -2.16. The zero-order valence-corrected chi connectivity index (χ0v) is 12.8. The van der Waals surface area contributed by atoms with E-state index in [1.807, 2.05) is 50.2 Å². The molecule has 0 aliphatic carbocycles. The van der Waals surface area contributed by atoms with Gasteiger partial charge in [0.05, 0.1) is 0 Å². The van der Waals surface area contributed by atoms with Crippen LogP contribution in [0.1, 0.15) is 23.6 Å². The number of amides is 2. The molecule has 0 saturated carbocycles. The minimum atomic E-state index is -0.165. The monoisotopic (exact) mass is 282 g/mol. The van der Waals surface area contributed by atoms with E-state index in [0.29, 0.717) is 0 Å². The van der Waals surface area contributed by atoms with Crippen molar-refractivity contribution in [3.05, 3.63) is 65.2 Å². The number of carbonyl (C=O) groups is 1. The lowest BCUT2D eigenvalue weighted by Crippen LogP contribution is -2.37. The number of urea groups is 1. The Balaban J connectivity index is 1.89. The molecule has 3 nitrogen and oxygen atoms in total. The summed E-state index contributed by atoms with van der Waals surface area (Å²) in [5, 5.41) is 5.84. The molecule has 0 spiro atoms. The van der Waals surface area contributed by atoms with Crippen molar-refractivity contribution in [1.82, 2.24) is 5.32 Å². The Morgan fingerprint density at radius 3 is 2.57 bits per heavy atom. The van der Waals surface area contributed by atoms with E-state index in [4.69, 9.17) is 0 Å². The van der Waals surface area contributed by atoms with Crippen LogP contribution < -0.4 is 10.6 Å². The summed E-state index contributed by atoms with van der Waals surface area (Å²) in [6.45, 7) is 6.11. The maximum Gasteiger partial charge on any atom is 0.319 e. The third-order valence-electron chi connectivity index (χ3n) is 3.44. The Hall–Kier alpha value is -2.29. The number of aryl methyl sites for hydroxylation is 2. The quantitative estimate of drug-likeness (QED) is 0.872. The minimum absolute atomic E-state index is 0.0795. The average molecular weight is 282 g/mol. The fourth-order valence-corrected chi connectivity index (χ4v) is 2.33. The third-order valence-corrected chi connectivity index (χ3v) is 3.44. The summed E-state index contributed by atoms with van der Waals surface area (Å²) in [7, 11) is 0. The maximum absolute atomic E-state index is 12.0. The van der Waals surface area contributed by atoms with Gasteiger partial charge in [-0.1, -0.05) is 36.4 Å². The second kappa shape index (κ2) is 6.93. The Morgan fingerprint density at radius 2 is 1.86 bits per heavy atom.